The maximum absolute atomic E-state index is 5.57. The van der Waals surface area contributed by atoms with Crippen molar-refractivity contribution in [3.05, 3.63) is 11.6 Å². The van der Waals surface area contributed by atoms with Crippen LogP contribution in [0.25, 0.3) is 0 Å². The van der Waals surface area contributed by atoms with Crippen molar-refractivity contribution in [3.63, 3.8) is 0 Å². The van der Waals surface area contributed by atoms with Crippen LogP contribution in [0.3, 0.4) is 0 Å². The number of nitrogens with one attached hydrogen (secondary N) is 1. The van der Waals surface area contributed by atoms with E-state index in [1.54, 1.807) is 5.54 Å². The molecule has 1 saturated heterocycles. The zero-order chi connectivity index (χ0) is 11.3. The molecule has 0 radical (unpaired) electrons. The normalized spacial score (nSPS) is 25.7. The van der Waals surface area contributed by atoms with Crippen LogP contribution >= 0.6 is 11.6 Å². The van der Waals surface area contributed by atoms with E-state index >= 15 is 0 Å². The molecule has 1 fully saturated rings. The van der Waals surface area contributed by atoms with Crippen molar-refractivity contribution in [3.8, 4) is 0 Å². The average Bonchev–Trinajstić information content (AvgIpc) is 2.38. The second-order valence-electron chi connectivity index (χ2n) is 5.35. The van der Waals surface area contributed by atoms with Crippen molar-refractivity contribution < 1.29 is 0 Å². The Hall–Kier alpha value is -0.0500. The minimum Gasteiger partial charge on any atom is -0.312 e. The standard InChI is InChI=1S/C12H23ClN2/c1-12(2,3)11-10-15(8-4-6-13)9-5-7-14-11/h4,6,11,14H,5,7-10H2,1-3H3/b6-4+. The number of halogens is 1. The van der Waals surface area contributed by atoms with Crippen LogP contribution < -0.4 is 5.32 Å². The van der Waals surface area contributed by atoms with Gasteiger partial charge in [0.1, 0.15) is 0 Å². The van der Waals surface area contributed by atoms with Crippen LogP contribution in [-0.2, 0) is 0 Å². The first-order valence-corrected chi connectivity index (χ1v) is 6.18. The fourth-order valence-electron chi connectivity index (χ4n) is 1.93. The summed E-state index contributed by atoms with van der Waals surface area (Å²) in [5.74, 6) is 0. The summed E-state index contributed by atoms with van der Waals surface area (Å²) in [5, 5.41) is 3.63. The van der Waals surface area contributed by atoms with Crippen LogP contribution in [0.1, 0.15) is 27.2 Å². The molecule has 0 aromatic heterocycles. The van der Waals surface area contributed by atoms with E-state index < -0.39 is 0 Å². The summed E-state index contributed by atoms with van der Waals surface area (Å²) in [4.78, 5) is 2.47. The third kappa shape index (κ3) is 4.54. The minimum atomic E-state index is 0.327. The van der Waals surface area contributed by atoms with Gasteiger partial charge in [-0.2, -0.15) is 0 Å². The molecule has 0 aromatic carbocycles. The van der Waals surface area contributed by atoms with Crippen LogP contribution in [-0.4, -0.2) is 37.1 Å². The lowest BCUT2D eigenvalue weighted by Crippen LogP contribution is -2.46. The molecule has 0 aromatic rings. The summed E-state index contributed by atoms with van der Waals surface area (Å²) in [5.41, 5.74) is 1.94. The van der Waals surface area contributed by atoms with Crippen LogP contribution in [0.2, 0.25) is 0 Å². The van der Waals surface area contributed by atoms with Crippen molar-refractivity contribution in [2.75, 3.05) is 26.2 Å². The lowest BCUT2D eigenvalue weighted by atomic mass is 9.86. The molecule has 0 spiro atoms. The topological polar surface area (TPSA) is 15.3 Å². The molecule has 1 unspecified atom stereocenters. The third-order valence-electron chi connectivity index (χ3n) is 2.98. The second-order valence-corrected chi connectivity index (χ2v) is 5.60. The largest absolute Gasteiger partial charge is 0.312 e. The molecular weight excluding hydrogens is 208 g/mol. The molecule has 2 nitrogen and oxygen atoms in total. The molecule has 88 valence electrons. The first kappa shape index (κ1) is 13.0. The number of rotatable bonds is 2. The summed E-state index contributed by atoms with van der Waals surface area (Å²) in [7, 11) is 0. The summed E-state index contributed by atoms with van der Waals surface area (Å²) in [6.45, 7) is 11.3. The Morgan fingerprint density at radius 2 is 2.20 bits per heavy atom. The molecule has 1 rings (SSSR count). The Balaban J connectivity index is 2.53. The molecular formula is C12H23ClN2. The highest BCUT2D eigenvalue weighted by molar-refractivity contribution is 6.25. The van der Waals surface area contributed by atoms with Crippen LogP contribution in [0.5, 0.6) is 0 Å². The number of hydrogen-bond donors (Lipinski definition) is 1. The molecule has 1 aliphatic rings. The van der Waals surface area contributed by atoms with Gasteiger partial charge in [0.25, 0.3) is 0 Å². The monoisotopic (exact) mass is 230 g/mol. The lowest BCUT2D eigenvalue weighted by Gasteiger charge is -2.33. The quantitative estimate of drug-likeness (QED) is 0.784. The van der Waals surface area contributed by atoms with Gasteiger partial charge in [0.05, 0.1) is 0 Å². The van der Waals surface area contributed by atoms with Crippen molar-refractivity contribution in [2.45, 2.75) is 33.2 Å². The molecule has 1 atom stereocenters. The van der Waals surface area contributed by atoms with Crippen molar-refractivity contribution in [1.29, 1.82) is 0 Å². The van der Waals surface area contributed by atoms with Gasteiger partial charge in [-0.05, 0) is 24.9 Å². The Labute approximate surface area is 98.7 Å². The van der Waals surface area contributed by atoms with Gasteiger partial charge >= 0.3 is 0 Å². The van der Waals surface area contributed by atoms with E-state index in [1.165, 1.54) is 13.0 Å². The van der Waals surface area contributed by atoms with Crippen molar-refractivity contribution >= 4 is 11.6 Å². The van der Waals surface area contributed by atoms with Gasteiger partial charge in [-0.15, -0.1) is 0 Å². The maximum atomic E-state index is 5.57. The Morgan fingerprint density at radius 3 is 2.80 bits per heavy atom. The van der Waals surface area contributed by atoms with E-state index in [0.717, 1.165) is 19.6 Å². The Kier molecular flexibility index (Phi) is 5.10. The Bertz CT molecular complexity index is 208. The van der Waals surface area contributed by atoms with Crippen molar-refractivity contribution in [2.24, 2.45) is 5.41 Å². The van der Waals surface area contributed by atoms with Crippen LogP contribution in [0.15, 0.2) is 11.6 Å². The smallest absolute Gasteiger partial charge is 0.0243 e. The molecule has 1 N–H and O–H groups in total. The first-order valence-electron chi connectivity index (χ1n) is 5.75. The highest BCUT2D eigenvalue weighted by Crippen LogP contribution is 2.21. The molecule has 15 heavy (non-hydrogen) atoms. The zero-order valence-electron chi connectivity index (χ0n) is 10.1. The van der Waals surface area contributed by atoms with E-state index in [-0.39, 0.29) is 0 Å². The predicted octanol–water partition coefficient (Wildman–Crippen LogP) is 2.45. The SMILES string of the molecule is CC(C)(C)C1CN(C/C=C/Cl)CCCN1. The molecule has 1 aliphatic heterocycles. The summed E-state index contributed by atoms with van der Waals surface area (Å²) in [6.07, 6.45) is 3.25. The molecule has 0 aliphatic carbocycles. The van der Waals surface area contributed by atoms with Crippen molar-refractivity contribution in [1.82, 2.24) is 10.2 Å². The highest BCUT2D eigenvalue weighted by Gasteiger charge is 2.27. The van der Waals surface area contributed by atoms with Gasteiger partial charge in [-0.1, -0.05) is 38.4 Å². The van der Waals surface area contributed by atoms with Gasteiger partial charge < -0.3 is 5.32 Å². The van der Waals surface area contributed by atoms with Crippen LogP contribution in [0.4, 0.5) is 0 Å². The first-order chi connectivity index (χ1) is 7.04. The summed E-state index contributed by atoms with van der Waals surface area (Å²) < 4.78 is 0. The second kappa shape index (κ2) is 5.88. The molecule has 0 saturated carbocycles. The van der Waals surface area contributed by atoms with E-state index in [1.807, 2.05) is 6.08 Å². The molecule has 1 heterocycles. The maximum Gasteiger partial charge on any atom is 0.0243 e. The van der Waals surface area contributed by atoms with Gasteiger partial charge in [0.2, 0.25) is 0 Å². The zero-order valence-corrected chi connectivity index (χ0v) is 10.8. The summed E-state index contributed by atoms with van der Waals surface area (Å²) in [6, 6.07) is 0.573. The fraction of sp³-hybridized carbons (Fsp3) is 0.833. The number of hydrogen-bond acceptors (Lipinski definition) is 2. The van der Waals surface area contributed by atoms with E-state index in [4.69, 9.17) is 11.6 Å². The summed E-state index contributed by atoms with van der Waals surface area (Å²) >= 11 is 5.57. The minimum absolute atomic E-state index is 0.327. The Morgan fingerprint density at radius 1 is 1.47 bits per heavy atom. The predicted molar refractivity (Wildman–Crippen MR) is 67.3 cm³/mol. The number of nitrogens with zero attached hydrogens (tertiary/aromatic N) is 1. The van der Waals surface area contributed by atoms with E-state index in [0.29, 0.717) is 11.5 Å². The third-order valence-corrected chi connectivity index (χ3v) is 3.16. The van der Waals surface area contributed by atoms with Gasteiger partial charge in [-0.25, -0.2) is 0 Å². The van der Waals surface area contributed by atoms with Gasteiger partial charge in [0, 0.05) is 24.7 Å². The van der Waals surface area contributed by atoms with Gasteiger partial charge in [0.15, 0.2) is 0 Å². The van der Waals surface area contributed by atoms with Crippen LogP contribution in [0, 0.1) is 5.41 Å². The fourth-order valence-corrected chi connectivity index (χ4v) is 2.01. The average molecular weight is 231 g/mol. The molecule has 0 amide bonds. The van der Waals surface area contributed by atoms with E-state index in [2.05, 4.69) is 31.0 Å². The highest BCUT2D eigenvalue weighted by atomic mass is 35.5. The van der Waals surface area contributed by atoms with Gasteiger partial charge in [-0.3, -0.25) is 4.90 Å². The molecule has 3 heteroatoms. The molecule has 0 bridgehead atoms. The lowest BCUT2D eigenvalue weighted by molar-refractivity contribution is 0.208. The van der Waals surface area contributed by atoms with E-state index in [9.17, 15) is 0 Å².